The molecular weight excluding hydrogens is 232 g/mol. The van der Waals surface area contributed by atoms with Crippen LogP contribution in [0.1, 0.15) is 45.4 Å². The van der Waals surface area contributed by atoms with Gasteiger partial charge in [0, 0.05) is 6.42 Å². The Morgan fingerprint density at radius 3 is 2.38 bits per heavy atom. The molecule has 0 atom stereocenters. The second-order valence-corrected chi connectivity index (χ2v) is 3.87. The van der Waals surface area contributed by atoms with Gasteiger partial charge in [0.1, 0.15) is 0 Å². The van der Waals surface area contributed by atoms with Gasteiger partial charge in [-0.3, -0.25) is 4.79 Å². The molecule has 1 fully saturated rings. The smallest absolute Gasteiger partial charge is 0.434 e. The highest BCUT2D eigenvalue weighted by atomic mass is 35.5. The van der Waals surface area contributed by atoms with Crippen LogP contribution in [0.25, 0.3) is 0 Å². The monoisotopic (exact) mass is 250 g/mol. The standard InChI is InChI=1S/C11H18O4.ClH/c1-2-14-11(13)15-10(12)8-9-6-4-3-5-7-9;/h9H,2-8H2,1H3;1H. The highest BCUT2D eigenvalue weighted by Gasteiger charge is 2.19. The molecule has 0 saturated heterocycles. The highest BCUT2D eigenvalue weighted by molar-refractivity contribution is 5.85. The fourth-order valence-electron chi connectivity index (χ4n) is 1.91. The van der Waals surface area contributed by atoms with Crippen LogP contribution < -0.4 is 0 Å². The van der Waals surface area contributed by atoms with Crippen LogP contribution in [0.2, 0.25) is 0 Å². The van der Waals surface area contributed by atoms with Crippen LogP contribution in [0, 0.1) is 5.92 Å². The summed E-state index contributed by atoms with van der Waals surface area (Å²) in [5.41, 5.74) is 0. The van der Waals surface area contributed by atoms with Crippen LogP contribution >= 0.6 is 12.4 Å². The summed E-state index contributed by atoms with van der Waals surface area (Å²) in [4.78, 5) is 22.1. The molecular formula is C11H19ClO4. The molecule has 0 aromatic carbocycles. The minimum absolute atomic E-state index is 0. The van der Waals surface area contributed by atoms with Gasteiger partial charge in [-0.05, 0) is 25.7 Å². The van der Waals surface area contributed by atoms with E-state index in [-0.39, 0.29) is 19.0 Å². The van der Waals surface area contributed by atoms with E-state index in [1.807, 2.05) is 0 Å². The molecule has 0 N–H and O–H groups in total. The number of carbonyl (C=O) groups excluding carboxylic acids is 2. The molecule has 0 bridgehead atoms. The van der Waals surface area contributed by atoms with Gasteiger partial charge in [-0.15, -0.1) is 12.4 Å². The molecule has 0 aliphatic heterocycles. The predicted octanol–water partition coefficient (Wildman–Crippen LogP) is 3.08. The maximum atomic E-state index is 11.3. The van der Waals surface area contributed by atoms with E-state index in [1.165, 1.54) is 19.3 Å². The molecule has 0 unspecified atom stereocenters. The largest absolute Gasteiger partial charge is 0.516 e. The zero-order valence-corrected chi connectivity index (χ0v) is 10.4. The number of ether oxygens (including phenoxy) is 2. The highest BCUT2D eigenvalue weighted by Crippen LogP contribution is 2.26. The second kappa shape index (κ2) is 8.39. The first-order valence-electron chi connectivity index (χ1n) is 5.59. The molecule has 5 heteroatoms. The second-order valence-electron chi connectivity index (χ2n) is 3.87. The van der Waals surface area contributed by atoms with Crippen molar-refractivity contribution in [1.29, 1.82) is 0 Å². The first-order valence-corrected chi connectivity index (χ1v) is 5.59. The van der Waals surface area contributed by atoms with Crippen molar-refractivity contribution in [1.82, 2.24) is 0 Å². The van der Waals surface area contributed by atoms with Gasteiger partial charge in [0.15, 0.2) is 0 Å². The SMILES string of the molecule is CCOC(=O)OC(=O)CC1CCCCC1.Cl. The topological polar surface area (TPSA) is 52.6 Å². The first-order chi connectivity index (χ1) is 7.22. The van der Waals surface area contributed by atoms with E-state index in [4.69, 9.17) is 0 Å². The summed E-state index contributed by atoms with van der Waals surface area (Å²) in [6.07, 6.45) is 5.21. The Morgan fingerprint density at radius 2 is 1.81 bits per heavy atom. The number of halogens is 1. The number of carbonyl (C=O) groups is 2. The average Bonchev–Trinajstić information content (AvgIpc) is 2.19. The van der Waals surface area contributed by atoms with Crippen molar-refractivity contribution in [3.8, 4) is 0 Å². The van der Waals surface area contributed by atoms with Gasteiger partial charge in [0.05, 0.1) is 6.61 Å². The molecule has 1 saturated carbocycles. The predicted molar refractivity (Wildman–Crippen MR) is 61.6 cm³/mol. The Kier molecular flexibility index (Phi) is 7.99. The van der Waals surface area contributed by atoms with Crippen molar-refractivity contribution in [3.05, 3.63) is 0 Å². The maximum Gasteiger partial charge on any atom is 0.516 e. The van der Waals surface area contributed by atoms with E-state index in [9.17, 15) is 9.59 Å². The van der Waals surface area contributed by atoms with Gasteiger partial charge >= 0.3 is 12.1 Å². The van der Waals surface area contributed by atoms with Crippen molar-refractivity contribution in [3.63, 3.8) is 0 Å². The number of rotatable bonds is 3. The maximum absolute atomic E-state index is 11.3. The van der Waals surface area contributed by atoms with Gasteiger partial charge < -0.3 is 9.47 Å². The molecule has 0 spiro atoms. The Morgan fingerprint density at radius 1 is 1.19 bits per heavy atom. The molecule has 0 heterocycles. The van der Waals surface area contributed by atoms with E-state index in [2.05, 4.69) is 9.47 Å². The zero-order valence-electron chi connectivity index (χ0n) is 9.57. The number of esters is 1. The normalized spacial score (nSPS) is 16.1. The fraction of sp³-hybridized carbons (Fsp3) is 0.818. The molecule has 4 nitrogen and oxygen atoms in total. The van der Waals surface area contributed by atoms with Crippen LogP contribution in [0.3, 0.4) is 0 Å². The summed E-state index contributed by atoms with van der Waals surface area (Å²) in [6, 6.07) is 0. The van der Waals surface area contributed by atoms with Crippen LogP contribution in [0.15, 0.2) is 0 Å². The zero-order chi connectivity index (χ0) is 11.1. The summed E-state index contributed by atoms with van der Waals surface area (Å²) >= 11 is 0. The summed E-state index contributed by atoms with van der Waals surface area (Å²) in [5.74, 6) is -0.0685. The summed E-state index contributed by atoms with van der Waals surface area (Å²) < 4.78 is 9.01. The third kappa shape index (κ3) is 5.95. The van der Waals surface area contributed by atoms with Crippen LogP contribution in [0.4, 0.5) is 4.79 Å². The minimum atomic E-state index is -0.877. The Labute approximate surface area is 102 Å². The van der Waals surface area contributed by atoms with E-state index < -0.39 is 12.1 Å². The lowest BCUT2D eigenvalue weighted by Crippen LogP contribution is -2.18. The number of hydrogen-bond acceptors (Lipinski definition) is 4. The van der Waals surface area contributed by atoms with Gasteiger partial charge in [-0.25, -0.2) is 4.79 Å². The molecule has 0 radical (unpaired) electrons. The molecule has 0 aromatic rings. The van der Waals surface area contributed by atoms with Crippen LogP contribution in [-0.4, -0.2) is 18.7 Å². The summed E-state index contributed by atoms with van der Waals surface area (Å²) in [7, 11) is 0. The third-order valence-electron chi connectivity index (χ3n) is 2.64. The molecule has 1 rings (SSSR count). The molecule has 94 valence electrons. The molecule has 0 aromatic heterocycles. The number of hydrogen-bond donors (Lipinski definition) is 0. The third-order valence-corrected chi connectivity index (χ3v) is 2.64. The van der Waals surface area contributed by atoms with Crippen LogP contribution in [0.5, 0.6) is 0 Å². The minimum Gasteiger partial charge on any atom is -0.434 e. The van der Waals surface area contributed by atoms with Gasteiger partial charge in [-0.1, -0.05) is 19.3 Å². The van der Waals surface area contributed by atoms with Crippen molar-refractivity contribution in [2.75, 3.05) is 6.61 Å². The van der Waals surface area contributed by atoms with Crippen LogP contribution in [-0.2, 0) is 14.3 Å². The van der Waals surface area contributed by atoms with Crippen molar-refractivity contribution < 1.29 is 19.1 Å². The Hall–Kier alpha value is -0.770. The van der Waals surface area contributed by atoms with E-state index in [1.54, 1.807) is 6.92 Å². The van der Waals surface area contributed by atoms with Gasteiger partial charge in [-0.2, -0.15) is 0 Å². The van der Waals surface area contributed by atoms with Gasteiger partial charge in [0.25, 0.3) is 0 Å². The van der Waals surface area contributed by atoms with Crippen molar-refractivity contribution >= 4 is 24.5 Å². The lowest BCUT2D eigenvalue weighted by Gasteiger charge is -2.19. The van der Waals surface area contributed by atoms with E-state index >= 15 is 0 Å². The summed E-state index contributed by atoms with van der Waals surface area (Å²) in [6.45, 7) is 1.91. The average molecular weight is 251 g/mol. The van der Waals surface area contributed by atoms with Crippen molar-refractivity contribution in [2.24, 2.45) is 5.92 Å². The Bertz CT molecular complexity index is 224. The molecule has 0 amide bonds. The molecule has 16 heavy (non-hydrogen) atoms. The van der Waals surface area contributed by atoms with E-state index in [0.29, 0.717) is 12.3 Å². The molecule has 1 aliphatic rings. The molecule has 1 aliphatic carbocycles. The summed E-state index contributed by atoms with van der Waals surface area (Å²) in [5, 5.41) is 0. The van der Waals surface area contributed by atoms with E-state index in [0.717, 1.165) is 12.8 Å². The first kappa shape index (κ1) is 15.2. The Balaban J connectivity index is 0.00000225. The van der Waals surface area contributed by atoms with Crippen molar-refractivity contribution in [2.45, 2.75) is 45.4 Å². The van der Waals surface area contributed by atoms with Gasteiger partial charge in [0.2, 0.25) is 0 Å². The quantitative estimate of drug-likeness (QED) is 0.571. The lowest BCUT2D eigenvalue weighted by atomic mass is 9.87. The lowest BCUT2D eigenvalue weighted by molar-refractivity contribution is -0.141. The fourth-order valence-corrected chi connectivity index (χ4v) is 1.91.